The first-order chi connectivity index (χ1) is 14.7. The maximum atomic E-state index is 12.5. The van der Waals surface area contributed by atoms with Crippen molar-refractivity contribution in [2.45, 2.75) is 12.7 Å². The summed E-state index contributed by atoms with van der Waals surface area (Å²) in [5, 5.41) is 20.3. The number of nitrogens with one attached hydrogen (secondary N) is 1. The van der Waals surface area contributed by atoms with Crippen molar-refractivity contribution in [1.29, 1.82) is 5.26 Å². The monoisotopic (exact) mass is 427 g/mol. The van der Waals surface area contributed by atoms with E-state index in [-0.39, 0.29) is 22.8 Å². The number of amides is 1. The molecule has 156 valence electrons. The van der Waals surface area contributed by atoms with Crippen molar-refractivity contribution >= 4 is 28.3 Å². The molecule has 0 saturated heterocycles. The highest BCUT2D eigenvalue weighted by molar-refractivity contribution is 5.99. The fourth-order valence-corrected chi connectivity index (χ4v) is 2.86. The van der Waals surface area contributed by atoms with Crippen LogP contribution in [-0.2, 0) is 6.54 Å². The quantitative estimate of drug-likeness (QED) is 0.498. The molecule has 0 spiro atoms. The van der Waals surface area contributed by atoms with Gasteiger partial charge < -0.3 is 11.1 Å². The number of anilines is 2. The molecule has 3 N–H and O–H groups in total. The Bertz CT molecular complexity index is 1330. The zero-order valence-electron chi connectivity index (χ0n) is 15.5. The van der Waals surface area contributed by atoms with E-state index >= 15 is 0 Å². The highest BCUT2D eigenvalue weighted by Crippen LogP contribution is 2.25. The Morgan fingerprint density at radius 2 is 1.97 bits per heavy atom. The van der Waals surface area contributed by atoms with Crippen molar-refractivity contribution in [2.75, 3.05) is 5.32 Å². The van der Waals surface area contributed by atoms with E-state index in [0.717, 1.165) is 6.20 Å². The zero-order chi connectivity index (χ0) is 22.2. The third-order valence-electron chi connectivity index (χ3n) is 4.16. The molecule has 13 heteroatoms. The van der Waals surface area contributed by atoms with E-state index in [4.69, 9.17) is 11.0 Å². The minimum absolute atomic E-state index is 0.0171. The average molecular weight is 427 g/mol. The Labute approximate surface area is 171 Å². The molecule has 0 bridgehead atoms. The molecule has 10 nitrogen and oxygen atoms in total. The number of carbonyl (C=O) groups is 1. The summed E-state index contributed by atoms with van der Waals surface area (Å²) in [5.74, 6) is -0.520. The first-order valence-electron chi connectivity index (χ1n) is 8.64. The summed E-state index contributed by atoms with van der Waals surface area (Å²) >= 11 is 0. The van der Waals surface area contributed by atoms with E-state index in [0.29, 0.717) is 21.3 Å². The number of carbonyl (C=O) groups excluding carboxylic acids is 1. The second kappa shape index (κ2) is 7.41. The van der Waals surface area contributed by atoms with Crippen LogP contribution < -0.4 is 11.1 Å². The Hall–Kier alpha value is -4.47. The lowest BCUT2D eigenvalue weighted by molar-refractivity contribution is -0.142. The third kappa shape index (κ3) is 4.13. The van der Waals surface area contributed by atoms with Gasteiger partial charge in [-0.2, -0.15) is 33.3 Å². The van der Waals surface area contributed by atoms with Gasteiger partial charge in [-0.15, -0.1) is 0 Å². The fraction of sp³-hybridized carbons (Fsp3) is 0.111. The van der Waals surface area contributed by atoms with Gasteiger partial charge in [0.2, 0.25) is 0 Å². The lowest BCUT2D eigenvalue weighted by Gasteiger charge is -2.11. The lowest BCUT2D eigenvalue weighted by atomic mass is 10.2. The van der Waals surface area contributed by atoms with Crippen LogP contribution >= 0.6 is 0 Å². The molecule has 4 rings (SSSR count). The number of fused-ring (bicyclic) bond motifs is 1. The minimum atomic E-state index is -4.43. The van der Waals surface area contributed by atoms with Crippen molar-refractivity contribution in [1.82, 2.24) is 29.5 Å². The SMILES string of the molecule is N#Cc1cnc2c(cnn2-c2cc(Nc3cnn(CC(F)(F)F)c3)c(C(N)=O)cn2)c1. The summed E-state index contributed by atoms with van der Waals surface area (Å²) in [6, 6.07) is 5.05. The van der Waals surface area contributed by atoms with Gasteiger partial charge in [0.25, 0.3) is 5.91 Å². The summed E-state index contributed by atoms with van der Waals surface area (Å²) in [6.45, 7) is -1.26. The van der Waals surface area contributed by atoms with E-state index in [2.05, 4.69) is 25.5 Å². The predicted molar refractivity (Wildman–Crippen MR) is 101 cm³/mol. The van der Waals surface area contributed by atoms with Gasteiger partial charge in [-0.3, -0.25) is 9.48 Å². The van der Waals surface area contributed by atoms with E-state index in [1.54, 1.807) is 6.07 Å². The van der Waals surface area contributed by atoms with Crippen LogP contribution in [0.3, 0.4) is 0 Å². The summed E-state index contributed by atoms with van der Waals surface area (Å²) in [7, 11) is 0. The second-order valence-electron chi connectivity index (χ2n) is 6.42. The van der Waals surface area contributed by atoms with Crippen LogP contribution in [0.2, 0.25) is 0 Å². The normalized spacial score (nSPS) is 11.4. The summed E-state index contributed by atoms with van der Waals surface area (Å²) in [5.41, 5.74) is 6.60. The van der Waals surface area contributed by atoms with Crippen LogP contribution in [-0.4, -0.2) is 41.6 Å². The molecular formula is C18H12F3N9O. The topological polar surface area (TPSA) is 140 Å². The maximum absolute atomic E-state index is 12.5. The molecule has 0 aliphatic carbocycles. The summed E-state index contributed by atoms with van der Waals surface area (Å²) in [6.07, 6.45) is 2.01. The molecule has 0 atom stereocenters. The standard InChI is InChI=1S/C18H12F3N9O/c19-18(20,21)9-29-8-12(6-26-29)28-14-2-15(24-7-13(14)16(23)31)30-17-11(5-27-30)1-10(3-22)4-25-17/h1-2,4-8H,9H2,(H2,23,31)(H,24,28). The largest absolute Gasteiger partial charge is 0.408 e. The summed E-state index contributed by atoms with van der Waals surface area (Å²) < 4.78 is 39.7. The van der Waals surface area contributed by atoms with Crippen LogP contribution in [0.15, 0.2) is 43.1 Å². The maximum Gasteiger partial charge on any atom is 0.408 e. The van der Waals surface area contributed by atoms with Gasteiger partial charge in [0, 0.05) is 30.0 Å². The van der Waals surface area contributed by atoms with Crippen LogP contribution in [0.1, 0.15) is 15.9 Å². The van der Waals surface area contributed by atoms with Crippen LogP contribution in [0, 0.1) is 11.3 Å². The molecule has 4 aromatic heterocycles. The molecule has 0 aliphatic rings. The van der Waals surface area contributed by atoms with E-state index < -0.39 is 18.6 Å². The van der Waals surface area contributed by atoms with Crippen LogP contribution in [0.25, 0.3) is 16.9 Å². The van der Waals surface area contributed by atoms with Crippen molar-refractivity contribution in [2.24, 2.45) is 5.73 Å². The van der Waals surface area contributed by atoms with E-state index in [9.17, 15) is 18.0 Å². The van der Waals surface area contributed by atoms with Gasteiger partial charge in [-0.1, -0.05) is 0 Å². The fourth-order valence-electron chi connectivity index (χ4n) is 2.86. The van der Waals surface area contributed by atoms with Crippen molar-refractivity contribution in [3.8, 4) is 11.9 Å². The van der Waals surface area contributed by atoms with Crippen LogP contribution in [0.4, 0.5) is 24.5 Å². The molecule has 0 aromatic carbocycles. The molecule has 0 saturated carbocycles. The predicted octanol–water partition coefficient (Wildman–Crippen LogP) is 2.29. The van der Waals surface area contributed by atoms with Gasteiger partial charge in [0.05, 0.1) is 34.9 Å². The number of nitrogens with zero attached hydrogens (tertiary/aromatic N) is 7. The van der Waals surface area contributed by atoms with Gasteiger partial charge in [0.1, 0.15) is 12.6 Å². The number of alkyl halides is 3. The number of rotatable bonds is 5. The molecule has 31 heavy (non-hydrogen) atoms. The van der Waals surface area contributed by atoms with Crippen molar-refractivity contribution in [3.05, 3.63) is 54.2 Å². The number of nitrogens with two attached hydrogens (primary N) is 1. The molecular weight excluding hydrogens is 415 g/mol. The molecule has 1 amide bonds. The number of nitriles is 1. The Morgan fingerprint density at radius 1 is 1.16 bits per heavy atom. The van der Waals surface area contributed by atoms with Crippen molar-refractivity contribution < 1.29 is 18.0 Å². The molecule has 4 heterocycles. The summed E-state index contributed by atoms with van der Waals surface area (Å²) in [4.78, 5) is 20.2. The number of halogens is 3. The number of hydrogen-bond acceptors (Lipinski definition) is 7. The van der Waals surface area contributed by atoms with Crippen LogP contribution in [0.5, 0.6) is 0 Å². The first-order valence-corrected chi connectivity index (χ1v) is 8.64. The molecule has 0 fully saturated rings. The average Bonchev–Trinajstić information content (AvgIpc) is 3.32. The highest BCUT2D eigenvalue weighted by Gasteiger charge is 2.28. The minimum Gasteiger partial charge on any atom is -0.365 e. The lowest BCUT2D eigenvalue weighted by Crippen LogP contribution is -2.17. The number of pyridine rings is 2. The zero-order valence-corrected chi connectivity index (χ0v) is 15.5. The van der Waals surface area contributed by atoms with E-state index in [1.807, 2.05) is 6.07 Å². The molecule has 0 aliphatic heterocycles. The molecule has 0 radical (unpaired) electrons. The van der Waals surface area contributed by atoms with Crippen molar-refractivity contribution in [3.63, 3.8) is 0 Å². The second-order valence-corrected chi connectivity index (χ2v) is 6.42. The number of primary amides is 1. The Balaban J connectivity index is 1.71. The Kier molecular flexibility index (Phi) is 4.74. The van der Waals surface area contributed by atoms with Gasteiger partial charge >= 0.3 is 6.18 Å². The first kappa shape index (κ1) is 19.8. The smallest absolute Gasteiger partial charge is 0.365 e. The highest BCUT2D eigenvalue weighted by atomic mass is 19.4. The Morgan fingerprint density at radius 3 is 2.68 bits per heavy atom. The van der Waals surface area contributed by atoms with Gasteiger partial charge in [0.15, 0.2) is 11.5 Å². The third-order valence-corrected chi connectivity index (χ3v) is 4.16. The van der Waals surface area contributed by atoms with Gasteiger partial charge in [-0.25, -0.2) is 9.97 Å². The number of hydrogen-bond donors (Lipinski definition) is 2. The van der Waals surface area contributed by atoms with E-state index in [1.165, 1.54) is 35.5 Å². The number of aromatic nitrogens is 6. The molecule has 0 unspecified atom stereocenters. The van der Waals surface area contributed by atoms with Gasteiger partial charge in [-0.05, 0) is 6.07 Å². The molecule has 4 aromatic rings.